The van der Waals surface area contributed by atoms with Gasteiger partial charge in [-0.3, -0.25) is 0 Å². The van der Waals surface area contributed by atoms with Crippen LogP contribution in [0.5, 0.6) is 0 Å². The molecule has 0 spiro atoms. The minimum Gasteiger partial charge on any atom is -0.478 e. The topological polar surface area (TPSA) is 86.9 Å². The van der Waals surface area contributed by atoms with Gasteiger partial charge < -0.3 is 5.11 Å². The molecular formula is C13H15N3O2S. The van der Waals surface area contributed by atoms with Crippen molar-refractivity contribution < 1.29 is 9.90 Å². The summed E-state index contributed by atoms with van der Waals surface area (Å²) in [5.74, 6) is 0.0518. The summed E-state index contributed by atoms with van der Waals surface area (Å²) in [4.78, 5) is 20.0. The number of carboxylic acid groups (broad SMARTS) is 1. The van der Waals surface area contributed by atoms with Crippen LogP contribution in [-0.2, 0) is 0 Å². The summed E-state index contributed by atoms with van der Waals surface area (Å²) in [5, 5.41) is 18.4. The van der Waals surface area contributed by atoms with Crippen LogP contribution in [0.25, 0.3) is 0 Å². The van der Waals surface area contributed by atoms with Crippen molar-refractivity contribution >= 4 is 17.7 Å². The Morgan fingerprint density at radius 2 is 2.26 bits per heavy atom. The Morgan fingerprint density at radius 1 is 1.58 bits per heavy atom. The van der Waals surface area contributed by atoms with Crippen LogP contribution in [0.15, 0.2) is 5.03 Å². The molecule has 0 saturated heterocycles. The number of carboxylic acids is 1. The van der Waals surface area contributed by atoms with Gasteiger partial charge in [-0.25, -0.2) is 14.8 Å². The largest absolute Gasteiger partial charge is 0.478 e. The molecule has 2 rings (SSSR count). The molecule has 1 N–H and O–H groups in total. The number of aromatic carboxylic acids is 1. The molecule has 1 aromatic rings. The lowest BCUT2D eigenvalue weighted by Gasteiger charge is -2.11. The summed E-state index contributed by atoms with van der Waals surface area (Å²) in [6, 6.07) is 2.16. The molecule has 5 nitrogen and oxygen atoms in total. The zero-order valence-corrected chi connectivity index (χ0v) is 11.7. The first kappa shape index (κ1) is 13.8. The number of carbonyl (C=O) groups is 1. The minimum absolute atomic E-state index is 0.128. The highest BCUT2D eigenvalue weighted by Gasteiger charge is 2.29. The van der Waals surface area contributed by atoms with E-state index in [1.165, 1.54) is 11.8 Å². The van der Waals surface area contributed by atoms with Gasteiger partial charge >= 0.3 is 5.97 Å². The van der Waals surface area contributed by atoms with Crippen LogP contribution in [0.4, 0.5) is 0 Å². The van der Waals surface area contributed by atoms with Crippen molar-refractivity contribution in [2.24, 2.45) is 0 Å². The molecule has 0 aliphatic heterocycles. The molecule has 1 aliphatic rings. The third-order valence-electron chi connectivity index (χ3n) is 3.00. The number of nitriles is 1. The fraction of sp³-hybridized carbons (Fsp3) is 0.538. The minimum atomic E-state index is -1.03. The zero-order chi connectivity index (χ0) is 14.0. The molecule has 1 heterocycles. The Labute approximate surface area is 116 Å². The van der Waals surface area contributed by atoms with Crippen LogP contribution in [0.1, 0.15) is 54.0 Å². The Kier molecular flexibility index (Phi) is 4.05. The van der Waals surface area contributed by atoms with E-state index in [0.717, 1.165) is 18.7 Å². The van der Waals surface area contributed by atoms with Gasteiger partial charge in [-0.15, -0.1) is 0 Å². The fourth-order valence-electron chi connectivity index (χ4n) is 1.76. The van der Waals surface area contributed by atoms with Gasteiger partial charge in [-0.05, 0) is 26.2 Å². The molecule has 19 heavy (non-hydrogen) atoms. The molecule has 0 bridgehead atoms. The van der Waals surface area contributed by atoms with Gasteiger partial charge in [0.1, 0.15) is 16.4 Å². The fourth-order valence-corrected chi connectivity index (χ4v) is 2.75. The maximum absolute atomic E-state index is 11.3. The third-order valence-corrected chi connectivity index (χ3v) is 4.24. The van der Waals surface area contributed by atoms with Gasteiger partial charge in [-0.2, -0.15) is 5.26 Å². The normalized spacial score (nSPS) is 15.8. The second-order valence-electron chi connectivity index (χ2n) is 4.57. The second kappa shape index (κ2) is 5.57. The maximum Gasteiger partial charge on any atom is 0.340 e. The predicted molar refractivity (Wildman–Crippen MR) is 71.3 cm³/mol. The molecule has 1 atom stereocenters. The number of hydrogen-bond acceptors (Lipinski definition) is 5. The van der Waals surface area contributed by atoms with Crippen molar-refractivity contribution in [3.05, 3.63) is 17.1 Å². The van der Waals surface area contributed by atoms with Crippen LogP contribution in [0, 0.1) is 18.3 Å². The molecular weight excluding hydrogens is 262 g/mol. The average molecular weight is 277 g/mol. The molecule has 1 saturated carbocycles. The first-order valence-electron chi connectivity index (χ1n) is 6.24. The van der Waals surface area contributed by atoms with Gasteiger partial charge in [0.15, 0.2) is 0 Å². The van der Waals surface area contributed by atoms with E-state index in [0.29, 0.717) is 23.1 Å². The van der Waals surface area contributed by atoms with Gasteiger partial charge in [-0.1, -0.05) is 18.7 Å². The van der Waals surface area contributed by atoms with Crippen molar-refractivity contribution in [2.45, 2.75) is 49.3 Å². The predicted octanol–water partition coefficient (Wildman–Crippen LogP) is 2.75. The molecule has 0 amide bonds. The highest BCUT2D eigenvalue weighted by Crippen LogP contribution is 2.39. The summed E-state index contributed by atoms with van der Waals surface area (Å²) < 4.78 is 0. The summed E-state index contributed by atoms with van der Waals surface area (Å²) >= 11 is 1.22. The molecule has 6 heteroatoms. The Morgan fingerprint density at radius 3 is 2.74 bits per heavy atom. The first-order chi connectivity index (χ1) is 9.06. The van der Waals surface area contributed by atoms with Crippen LogP contribution in [0.2, 0.25) is 0 Å². The third kappa shape index (κ3) is 3.04. The van der Waals surface area contributed by atoms with E-state index in [9.17, 15) is 9.90 Å². The van der Waals surface area contributed by atoms with E-state index in [4.69, 9.17) is 5.26 Å². The van der Waals surface area contributed by atoms with Crippen LogP contribution in [-0.4, -0.2) is 26.3 Å². The summed E-state index contributed by atoms with van der Waals surface area (Å²) in [5.41, 5.74) is 0.614. The number of thioether (sulfide) groups is 1. The molecule has 1 unspecified atom stereocenters. The highest BCUT2D eigenvalue weighted by molar-refractivity contribution is 8.00. The van der Waals surface area contributed by atoms with E-state index in [-0.39, 0.29) is 10.8 Å². The quantitative estimate of drug-likeness (QED) is 0.657. The Balaban J connectivity index is 2.42. The van der Waals surface area contributed by atoms with Crippen molar-refractivity contribution in [1.29, 1.82) is 5.26 Å². The smallest absolute Gasteiger partial charge is 0.340 e. The lowest BCUT2D eigenvalue weighted by molar-refractivity contribution is 0.0690. The van der Waals surface area contributed by atoms with Crippen LogP contribution in [0.3, 0.4) is 0 Å². The number of nitrogens with zero attached hydrogens (tertiary/aromatic N) is 3. The number of rotatable bonds is 5. The van der Waals surface area contributed by atoms with Crippen LogP contribution >= 0.6 is 11.8 Å². The Hall–Kier alpha value is -1.61. The molecule has 0 aromatic carbocycles. The SMILES string of the molecule is CCC(C#N)Sc1nc(C2CC2)nc(C)c1C(=O)O. The van der Waals surface area contributed by atoms with Gasteiger partial charge in [0.2, 0.25) is 0 Å². The first-order valence-corrected chi connectivity index (χ1v) is 7.12. The lowest BCUT2D eigenvalue weighted by atomic mass is 10.2. The van der Waals surface area contributed by atoms with Crippen molar-refractivity contribution in [1.82, 2.24) is 9.97 Å². The summed E-state index contributed by atoms with van der Waals surface area (Å²) in [7, 11) is 0. The van der Waals surface area contributed by atoms with E-state index in [1.807, 2.05) is 6.92 Å². The van der Waals surface area contributed by atoms with Crippen LogP contribution < -0.4 is 0 Å². The van der Waals surface area contributed by atoms with Gasteiger partial charge in [0.25, 0.3) is 0 Å². The molecule has 100 valence electrons. The number of hydrogen-bond donors (Lipinski definition) is 1. The van der Waals surface area contributed by atoms with Crippen molar-refractivity contribution in [3.63, 3.8) is 0 Å². The zero-order valence-electron chi connectivity index (χ0n) is 10.9. The highest BCUT2D eigenvalue weighted by atomic mass is 32.2. The van der Waals surface area contributed by atoms with E-state index in [2.05, 4.69) is 16.0 Å². The van der Waals surface area contributed by atoms with Crippen molar-refractivity contribution in [2.75, 3.05) is 0 Å². The molecule has 0 radical (unpaired) electrons. The average Bonchev–Trinajstić information content (AvgIpc) is 3.18. The molecule has 1 fully saturated rings. The maximum atomic E-state index is 11.3. The lowest BCUT2D eigenvalue weighted by Crippen LogP contribution is -2.11. The van der Waals surface area contributed by atoms with E-state index in [1.54, 1.807) is 6.92 Å². The summed E-state index contributed by atoms with van der Waals surface area (Å²) in [6.07, 6.45) is 2.78. The van der Waals surface area contributed by atoms with Gasteiger partial charge in [0, 0.05) is 5.92 Å². The number of aromatic nitrogens is 2. The molecule has 1 aromatic heterocycles. The number of aryl methyl sites for hydroxylation is 1. The summed E-state index contributed by atoms with van der Waals surface area (Å²) in [6.45, 7) is 3.59. The van der Waals surface area contributed by atoms with Gasteiger partial charge in [0.05, 0.1) is 17.0 Å². The second-order valence-corrected chi connectivity index (χ2v) is 5.76. The Bertz CT molecular complexity index is 550. The molecule has 1 aliphatic carbocycles. The van der Waals surface area contributed by atoms with Crippen molar-refractivity contribution in [3.8, 4) is 6.07 Å². The van der Waals surface area contributed by atoms with E-state index >= 15 is 0 Å². The monoisotopic (exact) mass is 277 g/mol. The standard InChI is InChI=1S/C13H15N3O2S/c1-3-9(6-14)19-12-10(13(17)18)7(2)15-11(16-12)8-4-5-8/h8-9H,3-5H2,1-2H3,(H,17,18). The van der Waals surface area contributed by atoms with E-state index < -0.39 is 5.97 Å².